The number of para-hydroxylation sites is 2. The molecule has 0 aliphatic rings. The maximum atomic E-state index is 5.16. The molecule has 0 radical (unpaired) electrons. The number of rotatable bonds is 4. The fraction of sp³-hybridized carbons (Fsp3) is 0. The first-order valence-electron chi connectivity index (χ1n) is 17.0. The summed E-state index contributed by atoms with van der Waals surface area (Å²) in [6.07, 6.45) is 0. The molecule has 0 atom stereocenters. The molecule has 238 valence electrons. The SMILES string of the molecule is c1ccc(-c2nc(-c3ccccc3)nc(-n3c4ccccc4c4c5c6ccccc6n(-c6cccc7sc8ccccc8c67)c5ccc43)n2)cc1. The summed E-state index contributed by atoms with van der Waals surface area (Å²) in [4.78, 5) is 15.3. The van der Waals surface area contributed by atoms with Crippen LogP contribution in [0.2, 0.25) is 0 Å². The zero-order valence-electron chi connectivity index (χ0n) is 27.2. The van der Waals surface area contributed by atoms with Crippen LogP contribution in [0.1, 0.15) is 0 Å². The summed E-state index contributed by atoms with van der Waals surface area (Å²) in [5, 5.41) is 7.34. The topological polar surface area (TPSA) is 48.5 Å². The van der Waals surface area contributed by atoms with Gasteiger partial charge in [-0.05, 0) is 42.5 Å². The highest BCUT2D eigenvalue weighted by Crippen LogP contribution is 2.44. The van der Waals surface area contributed by atoms with Crippen LogP contribution in [0.3, 0.4) is 0 Å². The number of fused-ring (bicyclic) bond motifs is 10. The van der Waals surface area contributed by atoms with Crippen molar-refractivity contribution in [1.29, 1.82) is 0 Å². The van der Waals surface area contributed by atoms with Crippen molar-refractivity contribution in [2.24, 2.45) is 0 Å². The molecule has 5 nitrogen and oxygen atoms in total. The van der Waals surface area contributed by atoms with Gasteiger partial charge in [0.15, 0.2) is 11.6 Å². The van der Waals surface area contributed by atoms with Gasteiger partial charge in [0, 0.05) is 52.8 Å². The molecule has 0 N–H and O–H groups in total. The second-order valence-corrected chi connectivity index (χ2v) is 13.9. The van der Waals surface area contributed by atoms with Gasteiger partial charge in [-0.3, -0.25) is 4.57 Å². The van der Waals surface area contributed by atoms with Gasteiger partial charge in [0.1, 0.15) is 0 Å². The summed E-state index contributed by atoms with van der Waals surface area (Å²) in [6, 6.07) is 57.7. The summed E-state index contributed by atoms with van der Waals surface area (Å²) in [5.74, 6) is 1.87. The first kappa shape index (κ1) is 28.2. The Morgan fingerprint density at radius 2 is 0.863 bits per heavy atom. The molecule has 0 fully saturated rings. The van der Waals surface area contributed by atoms with E-state index >= 15 is 0 Å². The Morgan fingerprint density at radius 1 is 0.353 bits per heavy atom. The summed E-state index contributed by atoms with van der Waals surface area (Å²) < 4.78 is 7.26. The van der Waals surface area contributed by atoms with E-state index in [1.165, 1.54) is 53.1 Å². The van der Waals surface area contributed by atoms with Crippen LogP contribution in [-0.4, -0.2) is 24.1 Å². The molecule has 0 saturated heterocycles. The molecule has 0 spiro atoms. The van der Waals surface area contributed by atoms with Crippen LogP contribution >= 0.6 is 11.3 Å². The van der Waals surface area contributed by atoms with Crippen molar-refractivity contribution in [2.75, 3.05) is 0 Å². The summed E-state index contributed by atoms with van der Waals surface area (Å²) in [7, 11) is 0. The van der Waals surface area contributed by atoms with Crippen molar-refractivity contribution in [3.63, 3.8) is 0 Å². The Labute approximate surface area is 296 Å². The number of aromatic nitrogens is 5. The quantitative estimate of drug-likeness (QED) is 0.187. The van der Waals surface area contributed by atoms with Crippen LogP contribution in [0.15, 0.2) is 164 Å². The van der Waals surface area contributed by atoms with E-state index in [4.69, 9.17) is 15.0 Å². The molecule has 0 amide bonds. The zero-order chi connectivity index (χ0) is 33.5. The van der Waals surface area contributed by atoms with Crippen molar-refractivity contribution in [3.05, 3.63) is 164 Å². The van der Waals surface area contributed by atoms with Crippen LogP contribution in [0.25, 0.3) is 98.2 Å². The van der Waals surface area contributed by atoms with E-state index in [-0.39, 0.29) is 0 Å². The lowest BCUT2D eigenvalue weighted by Crippen LogP contribution is -2.06. The third-order valence-corrected chi connectivity index (χ3v) is 11.1. The molecule has 0 saturated carbocycles. The fourth-order valence-electron chi connectivity index (χ4n) is 7.83. The lowest BCUT2D eigenvalue weighted by molar-refractivity contribution is 0.953. The van der Waals surface area contributed by atoms with Crippen LogP contribution in [-0.2, 0) is 0 Å². The van der Waals surface area contributed by atoms with Crippen molar-refractivity contribution >= 4 is 75.1 Å². The van der Waals surface area contributed by atoms with E-state index in [1.807, 2.05) is 47.7 Å². The Balaban J connectivity index is 1.26. The number of hydrogen-bond acceptors (Lipinski definition) is 4. The average molecular weight is 670 g/mol. The standard InChI is InChI=1S/C45H27N5S/c1-3-14-28(15-4-1)43-46-44(29-16-5-2-6-17-29)48-45(47-43)50-34-22-11-8-19-31(34)42-37(50)27-26-36-41(42)30-18-7-10-21-33(30)49(36)35-23-13-25-39-40(35)32-20-9-12-24-38(32)51-39/h1-27H. The van der Waals surface area contributed by atoms with Crippen LogP contribution in [0.5, 0.6) is 0 Å². The van der Waals surface area contributed by atoms with Gasteiger partial charge in [-0.2, -0.15) is 9.97 Å². The largest absolute Gasteiger partial charge is 0.309 e. The molecule has 0 bridgehead atoms. The number of benzene rings is 7. The normalized spacial score (nSPS) is 11.9. The molecule has 0 unspecified atom stereocenters. The monoisotopic (exact) mass is 669 g/mol. The molecule has 4 heterocycles. The van der Waals surface area contributed by atoms with Crippen molar-refractivity contribution < 1.29 is 0 Å². The summed E-state index contributed by atoms with van der Waals surface area (Å²) in [5.41, 5.74) is 7.52. The van der Waals surface area contributed by atoms with E-state index in [2.05, 4.69) is 137 Å². The Kier molecular flexibility index (Phi) is 6.05. The molecule has 4 aromatic heterocycles. The van der Waals surface area contributed by atoms with Crippen LogP contribution in [0.4, 0.5) is 0 Å². The molecular weight excluding hydrogens is 643 g/mol. The maximum absolute atomic E-state index is 5.16. The summed E-state index contributed by atoms with van der Waals surface area (Å²) >= 11 is 1.85. The number of thiophene rings is 1. The molecular formula is C45H27N5S. The highest BCUT2D eigenvalue weighted by molar-refractivity contribution is 7.25. The minimum Gasteiger partial charge on any atom is -0.309 e. The average Bonchev–Trinajstić information content (AvgIpc) is 3.86. The number of hydrogen-bond donors (Lipinski definition) is 0. The van der Waals surface area contributed by atoms with Crippen molar-refractivity contribution in [2.45, 2.75) is 0 Å². The lowest BCUT2D eigenvalue weighted by Gasteiger charge is -2.11. The molecule has 0 aliphatic heterocycles. The van der Waals surface area contributed by atoms with Gasteiger partial charge in [0.2, 0.25) is 5.95 Å². The molecule has 11 aromatic rings. The van der Waals surface area contributed by atoms with Gasteiger partial charge in [0.25, 0.3) is 0 Å². The molecule has 51 heavy (non-hydrogen) atoms. The lowest BCUT2D eigenvalue weighted by atomic mass is 10.1. The van der Waals surface area contributed by atoms with Crippen molar-refractivity contribution in [3.8, 4) is 34.4 Å². The first-order chi connectivity index (χ1) is 25.3. The maximum Gasteiger partial charge on any atom is 0.238 e. The third kappa shape index (κ3) is 4.17. The predicted molar refractivity (Wildman–Crippen MR) is 212 cm³/mol. The smallest absolute Gasteiger partial charge is 0.238 e. The second kappa shape index (κ2) is 10.9. The predicted octanol–water partition coefficient (Wildman–Crippen LogP) is 11.8. The van der Waals surface area contributed by atoms with E-state index in [0.717, 1.165) is 27.5 Å². The van der Waals surface area contributed by atoms with Crippen LogP contribution in [0, 0.1) is 0 Å². The molecule has 7 aromatic carbocycles. The number of nitrogens with zero attached hydrogens (tertiary/aromatic N) is 5. The second-order valence-electron chi connectivity index (χ2n) is 12.8. The van der Waals surface area contributed by atoms with E-state index in [1.54, 1.807) is 0 Å². The fourth-order valence-corrected chi connectivity index (χ4v) is 8.96. The van der Waals surface area contributed by atoms with Crippen molar-refractivity contribution in [1.82, 2.24) is 24.1 Å². The van der Waals surface area contributed by atoms with Gasteiger partial charge in [-0.15, -0.1) is 11.3 Å². The Morgan fingerprint density at radius 3 is 1.51 bits per heavy atom. The third-order valence-electron chi connectivity index (χ3n) is 9.98. The van der Waals surface area contributed by atoms with Crippen LogP contribution < -0.4 is 0 Å². The Bertz CT molecular complexity index is 3080. The van der Waals surface area contributed by atoms with Gasteiger partial charge in [-0.1, -0.05) is 121 Å². The molecule has 6 heteroatoms. The molecule has 11 rings (SSSR count). The van der Waals surface area contributed by atoms with Gasteiger partial charge in [-0.25, -0.2) is 4.98 Å². The van der Waals surface area contributed by atoms with E-state index in [0.29, 0.717) is 17.6 Å². The highest BCUT2D eigenvalue weighted by atomic mass is 32.1. The van der Waals surface area contributed by atoms with Gasteiger partial charge in [0.05, 0.1) is 27.8 Å². The molecule has 0 aliphatic carbocycles. The Hall–Kier alpha value is -6.63. The highest BCUT2D eigenvalue weighted by Gasteiger charge is 2.23. The first-order valence-corrected chi connectivity index (χ1v) is 17.9. The zero-order valence-corrected chi connectivity index (χ0v) is 28.0. The van der Waals surface area contributed by atoms with Gasteiger partial charge >= 0.3 is 0 Å². The minimum absolute atomic E-state index is 0.589. The van der Waals surface area contributed by atoms with E-state index < -0.39 is 0 Å². The van der Waals surface area contributed by atoms with Gasteiger partial charge < -0.3 is 4.57 Å². The summed E-state index contributed by atoms with van der Waals surface area (Å²) in [6.45, 7) is 0. The minimum atomic E-state index is 0.589. The van der Waals surface area contributed by atoms with E-state index in [9.17, 15) is 0 Å².